The molecule has 1 saturated heterocycles. The Hall–Kier alpha value is -0.730. The highest BCUT2D eigenvalue weighted by atomic mass is 35.5. The van der Waals surface area contributed by atoms with Gasteiger partial charge in [-0.3, -0.25) is 0 Å². The van der Waals surface area contributed by atoms with Gasteiger partial charge in [0, 0.05) is 10.7 Å². The Morgan fingerprint density at radius 2 is 2.06 bits per heavy atom. The second kappa shape index (κ2) is 5.55. The third-order valence-corrected chi connectivity index (χ3v) is 3.62. The SMILES string of the molecule is Nc1ccc(Cl)cc1CCC1CCNCC1. The molecule has 3 N–H and O–H groups in total. The van der Waals surface area contributed by atoms with Gasteiger partial charge in [0.1, 0.15) is 0 Å². The van der Waals surface area contributed by atoms with Gasteiger partial charge in [-0.2, -0.15) is 0 Å². The van der Waals surface area contributed by atoms with Crippen molar-refractivity contribution < 1.29 is 0 Å². The summed E-state index contributed by atoms with van der Waals surface area (Å²) in [5, 5.41) is 4.17. The second-order valence-electron chi connectivity index (χ2n) is 4.58. The van der Waals surface area contributed by atoms with Gasteiger partial charge in [0.05, 0.1) is 0 Å². The molecule has 0 bridgehead atoms. The van der Waals surface area contributed by atoms with E-state index in [2.05, 4.69) is 5.32 Å². The van der Waals surface area contributed by atoms with E-state index in [-0.39, 0.29) is 0 Å². The molecule has 1 aromatic rings. The van der Waals surface area contributed by atoms with Gasteiger partial charge in [0.2, 0.25) is 0 Å². The average Bonchev–Trinajstić information content (AvgIpc) is 2.32. The highest BCUT2D eigenvalue weighted by Gasteiger charge is 2.13. The number of nitrogens with one attached hydrogen (secondary N) is 1. The second-order valence-corrected chi connectivity index (χ2v) is 5.01. The van der Waals surface area contributed by atoms with E-state index in [1.165, 1.54) is 24.8 Å². The van der Waals surface area contributed by atoms with Gasteiger partial charge >= 0.3 is 0 Å². The van der Waals surface area contributed by atoms with Gasteiger partial charge in [-0.15, -0.1) is 0 Å². The molecule has 0 aromatic heterocycles. The van der Waals surface area contributed by atoms with Crippen LogP contribution in [0.2, 0.25) is 5.02 Å². The molecule has 1 fully saturated rings. The number of nitrogens with two attached hydrogens (primary N) is 1. The monoisotopic (exact) mass is 238 g/mol. The van der Waals surface area contributed by atoms with Crippen molar-refractivity contribution in [1.82, 2.24) is 5.32 Å². The lowest BCUT2D eigenvalue weighted by molar-refractivity contribution is 0.354. The van der Waals surface area contributed by atoms with Crippen molar-refractivity contribution in [1.29, 1.82) is 0 Å². The fourth-order valence-corrected chi connectivity index (χ4v) is 2.52. The fourth-order valence-electron chi connectivity index (χ4n) is 2.32. The van der Waals surface area contributed by atoms with Crippen LogP contribution in [0.25, 0.3) is 0 Å². The van der Waals surface area contributed by atoms with Crippen LogP contribution in [0.4, 0.5) is 5.69 Å². The molecule has 2 nitrogen and oxygen atoms in total. The van der Waals surface area contributed by atoms with Crippen LogP contribution in [0.15, 0.2) is 18.2 Å². The van der Waals surface area contributed by atoms with E-state index in [1.807, 2.05) is 18.2 Å². The van der Waals surface area contributed by atoms with Crippen molar-refractivity contribution in [2.45, 2.75) is 25.7 Å². The van der Waals surface area contributed by atoms with Crippen LogP contribution in [-0.4, -0.2) is 13.1 Å². The van der Waals surface area contributed by atoms with Crippen molar-refractivity contribution >= 4 is 17.3 Å². The lowest BCUT2D eigenvalue weighted by atomic mass is 9.91. The van der Waals surface area contributed by atoms with Gasteiger partial charge in [0.15, 0.2) is 0 Å². The van der Waals surface area contributed by atoms with Crippen LogP contribution in [0.5, 0.6) is 0 Å². The summed E-state index contributed by atoms with van der Waals surface area (Å²) in [5.74, 6) is 0.847. The predicted molar refractivity (Wildman–Crippen MR) is 69.8 cm³/mol. The zero-order chi connectivity index (χ0) is 11.4. The van der Waals surface area contributed by atoms with Crippen molar-refractivity contribution in [2.24, 2.45) is 5.92 Å². The molecule has 0 atom stereocenters. The summed E-state index contributed by atoms with van der Waals surface area (Å²) in [6.07, 6.45) is 4.87. The first-order valence-electron chi connectivity index (χ1n) is 6.00. The molecule has 0 aliphatic carbocycles. The molecule has 0 spiro atoms. The van der Waals surface area contributed by atoms with E-state index in [0.717, 1.165) is 36.1 Å². The van der Waals surface area contributed by atoms with Gasteiger partial charge < -0.3 is 11.1 Å². The largest absolute Gasteiger partial charge is 0.399 e. The quantitative estimate of drug-likeness (QED) is 0.795. The molecule has 16 heavy (non-hydrogen) atoms. The highest BCUT2D eigenvalue weighted by molar-refractivity contribution is 6.30. The molecule has 0 unspecified atom stereocenters. The number of aryl methyl sites for hydroxylation is 1. The number of nitrogen functional groups attached to an aromatic ring is 1. The Labute approximate surface area is 102 Å². The minimum atomic E-state index is 0.787. The number of halogens is 1. The zero-order valence-electron chi connectivity index (χ0n) is 9.51. The molecule has 1 aliphatic heterocycles. The lowest BCUT2D eigenvalue weighted by Crippen LogP contribution is -2.27. The maximum absolute atomic E-state index is 5.97. The van der Waals surface area contributed by atoms with E-state index in [0.29, 0.717) is 0 Å². The molecule has 1 heterocycles. The van der Waals surface area contributed by atoms with Crippen LogP contribution in [0.1, 0.15) is 24.8 Å². The summed E-state index contributed by atoms with van der Waals surface area (Å²) < 4.78 is 0. The Balaban J connectivity index is 1.90. The number of anilines is 1. The van der Waals surface area contributed by atoms with Gasteiger partial charge in [-0.05, 0) is 68.5 Å². The molecule has 2 rings (SSSR count). The van der Waals surface area contributed by atoms with E-state index in [4.69, 9.17) is 17.3 Å². The smallest absolute Gasteiger partial charge is 0.0410 e. The standard InChI is InChI=1S/C13H19ClN2/c14-12-3-4-13(15)11(9-12)2-1-10-5-7-16-8-6-10/h3-4,9-10,16H,1-2,5-8,15H2. The lowest BCUT2D eigenvalue weighted by Gasteiger charge is -2.22. The minimum absolute atomic E-state index is 0.787. The van der Waals surface area contributed by atoms with Crippen LogP contribution in [0, 0.1) is 5.92 Å². The Morgan fingerprint density at radius 1 is 1.31 bits per heavy atom. The minimum Gasteiger partial charge on any atom is -0.399 e. The molecule has 88 valence electrons. The number of piperidine rings is 1. The number of rotatable bonds is 3. The fraction of sp³-hybridized carbons (Fsp3) is 0.538. The topological polar surface area (TPSA) is 38.0 Å². The van der Waals surface area contributed by atoms with Gasteiger partial charge in [-0.1, -0.05) is 11.6 Å². The maximum Gasteiger partial charge on any atom is 0.0410 e. The first kappa shape index (κ1) is 11.7. The summed E-state index contributed by atoms with van der Waals surface area (Å²) >= 11 is 5.97. The first-order valence-corrected chi connectivity index (χ1v) is 6.38. The first-order chi connectivity index (χ1) is 7.75. The molecule has 0 radical (unpaired) electrons. The van der Waals surface area contributed by atoms with E-state index in [9.17, 15) is 0 Å². The van der Waals surface area contributed by atoms with Crippen LogP contribution < -0.4 is 11.1 Å². The third-order valence-electron chi connectivity index (χ3n) is 3.39. The van der Waals surface area contributed by atoms with Crippen LogP contribution in [-0.2, 0) is 6.42 Å². The molecule has 1 aliphatic rings. The number of hydrogen-bond donors (Lipinski definition) is 2. The molecule has 1 aromatic carbocycles. The molecule has 0 amide bonds. The van der Waals surface area contributed by atoms with Gasteiger partial charge in [0.25, 0.3) is 0 Å². The Morgan fingerprint density at radius 3 is 2.81 bits per heavy atom. The predicted octanol–water partition coefficient (Wildman–Crippen LogP) is 2.85. The van der Waals surface area contributed by atoms with E-state index >= 15 is 0 Å². The van der Waals surface area contributed by atoms with Crippen molar-refractivity contribution in [3.8, 4) is 0 Å². The van der Waals surface area contributed by atoms with E-state index in [1.54, 1.807) is 0 Å². The average molecular weight is 239 g/mol. The molecule has 3 heteroatoms. The van der Waals surface area contributed by atoms with Crippen LogP contribution in [0.3, 0.4) is 0 Å². The molecular weight excluding hydrogens is 220 g/mol. The van der Waals surface area contributed by atoms with Crippen LogP contribution >= 0.6 is 11.6 Å². The maximum atomic E-state index is 5.97. The summed E-state index contributed by atoms with van der Waals surface area (Å²) in [6, 6.07) is 5.75. The van der Waals surface area contributed by atoms with Crippen molar-refractivity contribution in [3.05, 3.63) is 28.8 Å². The summed E-state index contributed by atoms with van der Waals surface area (Å²) in [5.41, 5.74) is 8.01. The normalized spacial score (nSPS) is 17.6. The van der Waals surface area contributed by atoms with E-state index < -0.39 is 0 Å². The summed E-state index contributed by atoms with van der Waals surface area (Å²) in [6.45, 7) is 2.32. The third kappa shape index (κ3) is 3.13. The number of benzene rings is 1. The summed E-state index contributed by atoms with van der Waals surface area (Å²) in [4.78, 5) is 0. The highest BCUT2D eigenvalue weighted by Crippen LogP contribution is 2.23. The number of hydrogen-bond acceptors (Lipinski definition) is 2. The van der Waals surface area contributed by atoms with Crippen molar-refractivity contribution in [2.75, 3.05) is 18.8 Å². The molecule has 0 saturated carbocycles. The Kier molecular flexibility index (Phi) is 4.08. The Bertz CT molecular complexity index is 346. The summed E-state index contributed by atoms with van der Waals surface area (Å²) in [7, 11) is 0. The zero-order valence-corrected chi connectivity index (χ0v) is 10.3. The van der Waals surface area contributed by atoms with Gasteiger partial charge in [-0.25, -0.2) is 0 Å². The van der Waals surface area contributed by atoms with Crippen molar-refractivity contribution in [3.63, 3.8) is 0 Å². The molecular formula is C13H19ClN2.